The highest BCUT2D eigenvalue weighted by atomic mass is 19.1. The Kier molecular flexibility index (Phi) is 6.64. The molecule has 0 aromatic heterocycles. The number of rotatable bonds is 6. The maximum atomic E-state index is 13.1. The quantitative estimate of drug-likeness (QED) is 0.699. The summed E-state index contributed by atoms with van der Waals surface area (Å²) in [6, 6.07) is 13.7. The zero-order valence-electron chi connectivity index (χ0n) is 17.1. The van der Waals surface area contributed by atoms with Gasteiger partial charge in [-0.3, -0.25) is 14.5 Å². The number of benzene rings is 2. The molecule has 1 amide bonds. The van der Waals surface area contributed by atoms with Crippen molar-refractivity contribution >= 4 is 11.7 Å². The van der Waals surface area contributed by atoms with E-state index in [1.807, 2.05) is 11.8 Å². The SMILES string of the molecule is CC(=O)c1ccccc1OCC(=O)N1CC(C)N(Cc2ccc(F)cc2)CC1C. The summed E-state index contributed by atoms with van der Waals surface area (Å²) in [7, 11) is 0. The fraction of sp³-hybridized carbons (Fsp3) is 0.391. The van der Waals surface area contributed by atoms with Gasteiger partial charge in [0.15, 0.2) is 12.4 Å². The minimum atomic E-state index is -0.239. The Labute approximate surface area is 171 Å². The number of carbonyl (C=O) groups excluding carboxylic acids is 2. The average Bonchev–Trinajstić information content (AvgIpc) is 2.70. The summed E-state index contributed by atoms with van der Waals surface area (Å²) in [6.45, 7) is 7.53. The van der Waals surface area contributed by atoms with Crippen LogP contribution in [-0.4, -0.2) is 53.3 Å². The molecule has 0 N–H and O–H groups in total. The zero-order chi connectivity index (χ0) is 21.0. The van der Waals surface area contributed by atoms with Gasteiger partial charge in [-0.05, 0) is 50.6 Å². The second-order valence-corrected chi connectivity index (χ2v) is 7.64. The lowest BCUT2D eigenvalue weighted by Crippen LogP contribution is -2.58. The Balaban J connectivity index is 1.59. The average molecular weight is 398 g/mol. The number of hydrogen-bond acceptors (Lipinski definition) is 4. The van der Waals surface area contributed by atoms with Gasteiger partial charge in [-0.25, -0.2) is 4.39 Å². The van der Waals surface area contributed by atoms with E-state index in [1.54, 1.807) is 36.4 Å². The molecule has 1 fully saturated rings. The smallest absolute Gasteiger partial charge is 0.260 e. The monoisotopic (exact) mass is 398 g/mol. The summed E-state index contributed by atoms with van der Waals surface area (Å²) in [4.78, 5) is 28.6. The van der Waals surface area contributed by atoms with Crippen molar-refractivity contribution in [1.29, 1.82) is 0 Å². The van der Waals surface area contributed by atoms with E-state index in [-0.39, 0.29) is 36.2 Å². The van der Waals surface area contributed by atoms with Gasteiger partial charge in [-0.2, -0.15) is 0 Å². The minimum absolute atomic E-state index is 0.0331. The van der Waals surface area contributed by atoms with Crippen LogP contribution in [0.5, 0.6) is 5.75 Å². The van der Waals surface area contributed by atoms with E-state index in [9.17, 15) is 14.0 Å². The second-order valence-electron chi connectivity index (χ2n) is 7.64. The van der Waals surface area contributed by atoms with Crippen LogP contribution in [0.25, 0.3) is 0 Å². The van der Waals surface area contributed by atoms with Crippen LogP contribution in [0.15, 0.2) is 48.5 Å². The normalized spacial score (nSPS) is 19.8. The van der Waals surface area contributed by atoms with Gasteiger partial charge in [0.25, 0.3) is 5.91 Å². The van der Waals surface area contributed by atoms with Crippen LogP contribution >= 0.6 is 0 Å². The molecule has 1 saturated heterocycles. The Morgan fingerprint density at radius 3 is 2.41 bits per heavy atom. The van der Waals surface area contributed by atoms with Crippen LogP contribution in [0.4, 0.5) is 4.39 Å². The fourth-order valence-electron chi connectivity index (χ4n) is 3.70. The van der Waals surface area contributed by atoms with E-state index in [1.165, 1.54) is 19.1 Å². The Bertz CT molecular complexity index is 869. The number of para-hydroxylation sites is 1. The van der Waals surface area contributed by atoms with E-state index in [0.29, 0.717) is 17.9 Å². The van der Waals surface area contributed by atoms with E-state index >= 15 is 0 Å². The molecule has 2 unspecified atom stereocenters. The van der Waals surface area contributed by atoms with Gasteiger partial charge in [0.1, 0.15) is 11.6 Å². The maximum absolute atomic E-state index is 13.1. The number of ketones is 1. The number of amides is 1. The largest absolute Gasteiger partial charge is 0.483 e. The molecule has 0 bridgehead atoms. The summed E-state index contributed by atoms with van der Waals surface area (Å²) < 4.78 is 18.8. The van der Waals surface area contributed by atoms with Crippen LogP contribution in [0.2, 0.25) is 0 Å². The second kappa shape index (κ2) is 9.18. The van der Waals surface area contributed by atoms with Gasteiger partial charge in [0.05, 0.1) is 5.56 Å². The zero-order valence-corrected chi connectivity index (χ0v) is 17.1. The van der Waals surface area contributed by atoms with Crippen molar-refractivity contribution in [2.75, 3.05) is 19.7 Å². The number of Topliss-reactive ketones (excluding diaryl/α,β-unsaturated/α-hetero) is 1. The molecule has 2 atom stereocenters. The number of hydrogen-bond donors (Lipinski definition) is 0. The van der Waals surface area contributed by atoms with Gasteiger partial charge in [0, 0.05) is 31.7 Å². The van der Waals surface area contributed by atoms with E-state index in [2.05, 4.69) is 11.8 Å². The Morgan fingerprint density at radius 1 is 1.03 bits per heavy atom. The molecule has 0 saturated carbocycles. The Hall–Kier alpha value is -2.73. The van der Waals surface area contributed by atoms with Crippen LogP contribution < -0.4 is 4.74 Å². The van der Waals surface area contributed by atoms with Crippen molar-refractivity contribution in [3.05, 3.63) is 65.5 Å². The number of ether oxygens (including phenoxy) is 1. The van der Waals surface area contributed by atoms with Crippen LogP contribution in [-0.2, 0) is 11.3 Å². The summed E-state index contributed by atoms with van der Waals surface area (Å²) in [5, 5.41) is 0. The molecule has 5 nitrogen and oxygen atoms in total. The summed E-state index contributed by atoms with van der Waals surface area (Å²) >= 11 is 0. The highest BCUT2D eigenvalue weighted by Crippen LogP contribution is 2.21. The molecule has 0 aliphatic carbocycles. The predicted octanol–water partition coefficient (Wildman–Crippen LogP) is 3.53. The summed E-state index contributed by atoms with van der Waals surface area (Å²) in [6.07, 6.45) is 0. The predicted molar refractivity (Wildman–Crippen MR) is 109 cm³/mol. The molecular formula is C23H27FN2O3. The van der Waals surface area contributed by atoms with Gasteiger partial charge in [-0.1, -0.05) is 24.3 Å². The lowest BCUT2D eigenvalue weighted by atomic mass is 10.1. The molecule has 1 aliphatic heterocycles. The highest BCUT2D eigenvalue weighted by molar-refractivity contribution is 5.96. The van der Waals surface area contributed by atoms with Crippen LogP contribution in [0, 0.1) is 5.82 Å². The molecular weight excluding hydrogens is 371 g/mol. The lowest BCUT2D eigenvalue weighted by molar-refractivity contribution is -0.139. The number of nitrogens with zero attached hydrogens (tertiary/aromatic N) is 2. The standard InChI is InChI=1S/C23H27FN2O3/c1-16-13-26(17(2)12-25(16)14-19-8-10-20(24)11-9-19)23(28)15-29-22-7-5-4-6-21(22)18(3)27/h4-11,16-17H,12-15H2,1-3H3. The van der Waals surface area contributed by atoms with Gasteiger partial charge < -0.3 is 9.64 Å². The fourth-order valence-corrected chi connectivity index (χ4v) is 3.70. The van der Waals surface area contributed by atoms with Crippen LogP contribution in [0.1, 0.15) is 36.7 Å². The summed E-state index contributed by atoms with van der Waals surface area (Å²) in [5.41, 5.74) is 1.53. The van der Waals surface area contributed by atoms with E-state index in [0.717, 1.165) is 18.7 Å². The summed E-state index contributed by atoms with van der Waals surface area (Å²) in [5.74, 6) is 0.00881. The molecule has 3 rings (SSSR count). The van der Waals surface area contributed by atoms with Crippen molar-refractivity contribution in [1.82, 2.24) is 9.80 Å². The molecule has 29 heavy (non-hydrogen) atoms. The number of piperazine rings is 1. The van der Waals surface area contributed by atoms with E-state index < -0.39 is 0 Å². The first-order valence-corrected chi connectivity index (χ1v) is 9.86. The first-order valence-electron chi connectivity index (χ1n) is 9.86. The third-order valence-electron chi connectivity index (χ3n) is 5.35. The Morgan fingerprint density at radius 2 is 1.72 bits per heavy atom. The maximum Gasteiger partial charge on any atom is 0.260 e. The van der Waals surface area contributed by atoms with Crippen molar-refractivity contribution in [3.8, 4) is 5.75 Å². The highest BCUT2D eigenvalue weighted by Gasteiger charge is 2.32. The number of carbonyl (C=O) groups is 2. The van der Waals surface area contributed by atoms with Crippen molar-refractivity contribution in [3.63, 3.8) is 0 Å². The molecule has 1 aliphatic rings. The number of halogens is 1. The van der Waals surface area contributed by atoms with Gasteiger partial charge in [-0.15, -0.1) is 0 Å². The minimum Gasteiger partial charge on any atom is -0.483 e. The third-order valence-corrected chi connectivity index (χ3v) is 5.35. The van der Waals surface area contributed by atoms with Crippen molar-refractivity contribution < 1.29 is 18.7 Å². The molecule has 2 aromatic rings. The van der Waals surface area contributed by atoms with Crippen molar-refractivity contribution in [2.24, 2.45) is 0 Å². The van der Waals surface area contributed by atoms with Gasteiger partial charge in [0.2, 0.25) is 0 Å². The lowest BCUT2D eigenvalue weighted by Gasteiger charge is -2.44. The van der Waals surface area contributed by atoms with Gasteiger partial charge >= 0.3 is 0 Å². The molecule has 0 spiro atoms. The van der Waals surface area contributed by atoms with Crippen molar-refractivity contribution in [2.45, 2.75) is 39.4 Å². The van der Waals surface area contributed by atoms with Crippen LogP contribution in [0.3, 0.4) is 0 Å². The van der Waals surface area contributed by atoms with E-state index in [4.69, 9.17) is 4.74 Å². The topological polar surface area (TPSA) is 49.9 Å². The third kappa shape index (κ3) is 5.21. The first kappa shape index (κ1) is 21.0. The molecule has 1 heterocycles. The first-order chi connectivity index (χ1) is 13.8. The molecule has 0 radical (unpaired) electrons. The molecule has 154 valence electrons. The molecule has 6 heteroatoms. The molecule has 2 aromatic carbocycles.